The van der Waals surface area contributed by atoms with Crippen molar-refractivity contribution in [2.24, 2.45) is 0 Å². The molecule has 0 aromatic heterocycles. The molecule has 1 saturated carbocycles. The maximum atomic E-state index is 11.6. The number of hydrogen-bond donors (Lipinski definition) is 1. The molecule has 1 fully saturated rings. The van der Waals surface area contributed by atoms with Gasteiger partial charge >= 0.3 is 5.97 Å². The Morgan fingerprint density at radius 2 is 1.83 bits per heavy atom. The Morgan fingerprint density at radius 1 is 1.22 bits per heavy atom. The van der Waals surface area contributed by atoms with Crippen LogP contribution in [-0.2, 0) is 10.2 Å². The van der Waals surface area contributed by atoms with Gasteiger partial charge in [-0.1, -0.05) is 6.42 Å². The summed E-state index contributed by atoms with van der Waals surface area (Å²) in [4.78, 5) is 11.6. The minimum absolute atomic E-state index is 0.597. The van der Waals surface area contributed by atoms with Crippen molar-refractivity contribution in [3.63, 3.8) is 0 Å². The van der Waals surface area contributed by atoms with E-state index in [2.05, 4.69) is 0 Å². The van der Waals surface area contributed by atoms with Gasteiger partial charge in [-0.25, -0.2) is 0 Å². The summed E-state index contributed by atoms with van der Waals surface area (Å²) in [5.74, 6) is 0.548. The van der Waals surface area contributed by atoms with E-state index in [0.717, 1.165) is 23.3 Å². The third-order valence-electron chi connectivity index (χ3n) is 3.85. The number of rotatable bonds is 4. The molecule has 18 heavy (non-hydrogen) atoms. The third-order valence-corrected chi connectivity index (χ3v) is 3.85. The third kappa shape index (κ3) is 1.72. The molecule has 1 aromatic carbocycles. The second kappa shape index (κ2) is 4.52. The van der Waals surface area contributed by atoms with Gasteiger partial charge in [-0.3, -0.25) is 4.79 Å². The zero-order valence-corrected chi connectivity index (χ0v) is 10.9. The fourth-order valence-electron chi connectivity index (χ4n) is 2.56. The van der Waals surface area contributed by atoms with Gasteiger partial charge in [0.2, 0.25) is 0 Å². The standard InChI is InChI=1S/C14H18O4/c1-9-7-10(12(18-3)8-11(9)17-2)14(13(15)16)5-4-6-14/h7-8H,4-6H2,1-3H3,(H,15,16). The number of aryl methyl sites for hydroxylation is 1. The molecule has 0 spiro atoms. The minimum atomic E-state index is -0.775. The van der Waals surface area contributed by atoms with Crippen LogP contribution in [0.1, 0.15) is 30.4 Å². The van der Waals surface area contributed by atoms with Crippen molar-refractivity contribution in [3.8, 4) is 11.5 Å². The van der Waals surface area contributed by atoms with E-state index >= 15 is 0 Å². The molecule has 0 radical (unpaired) electrons. The van der Waals surface area contributed by atoms with E-state index in [1.807, 2.05) is 13.0 Å². The molecule has 1 aliphatic rings. The van der Waals surface area contributed by atoms with E-state index in [4.69, 9.17) is 9.47 Å². The first-order valence-electron chi connectivity index (χ1n) is 6.01. The lowest BCUT2D eigenvalue weighted by Crippen LogP contribution is -2.42. The summed E-state index contributed by atoms with van der Waals surface area (Å²) in [6.45, 7) is 1.91. The van der Waals surface area contributed by atoms with E-state index in [0.29, 0.717) is 18.6 Å². The predicted molar refractivity (Wildman–Crippen MR) is 67.4 cm³/mol. The lowest BCUT2D eigenvalue weighted by atomic mass is 9.64. The lowest BCUT2D eigenvalue weighted by Gasteiger charge is -2.39. The molecule has 0 saturated heterocycles. The van der Waals surface area contributed by atoms with Crippen LogP contribution in [0.15, 0.2) is 12.1 Å². The van der Waals surface area contributed by atoms with Crippen LogP contribution in [-0.4, -0.2) is 25.3 Å². The first-order chi connectivity index (χ1) is 8.55. The van der Waals surface area contributed by atoms with Crippen molar-refractivity contribution in [2.75, 3.05) is 14.2 Å². The quantitative estimate of drug-likeness (QED) is 0.892. The van der Waals surface area contributed by atoms with Crippen LogP contribution in [0.25, 0.3) is 0 Å². The molecule has 98 valence electrons. The normalized spacial score (nSPS) is 16.8. The van der Waals surface area contributed by atoms with Gasteiger partial charge in [0.25, 0.3) is 0 Å². The van der Waals surface area contributed by atoms with Crippen LogP contribution in [0.5, 0.6) is 11.5 Å². The number of aliphatic carboxylic acids is 1. The predicted octanol–water partition coefficient (Wildman–Crippen LogP) is 2.52. The van der Waals surface area contributed by atoms with E-state index in [1.54, 1.807) is 20.3 Å². The fraction of sp³-hybridized carbons (Fsp3) is 0.500. The SMILES string of the molecule is COc1cc(OC)c(C2(C(=O)O)CCC2)cc1C. The molecule has 0 aliphatic heterocycles. The maximum Gasteiger partial charge on any atom is 0.314 e. The largest absolute Gasteiger partial charge is 0.496 e. The van der Waals surface area contributed by atoms with Gasteiger partial charge in [0.15, 0.2) is 0 Å². The lowest BCUT2D eigenvalue weighted by molar-refractivity contribution is -0.147. The van der Waals surface area contributed by atoms with Crippen molar-refractivity contribution in [1.29, 1.82) is 0 Å². The molecular formula is C14H18O4. The zero-order chi connectivity index (χ0) is 13.3. The average molecular weight is 250 g/mol. The highest BCUT2D eigenvalue weighted by Gasteiger charge is 2.47. The second-order valence-electron chi connectivity index (χ2n) is 4.76. The van der Waals surface area contributed by atoms with Crippen LogP contribution < -0.4 is 9.47 Å². The topological polar surface area (TPSA) is 55.8 Å². The molecule has 4 nitrogen and oxygen atoms in total. The Labute approximate surface area is 107 Å². The van der Waals surface area contributed by atoms with Gasteiger partial charge < -0.3 is 14.6 Å². The number of ether oxygens (including phenoxy) is 2. The Kier molecular flexibility index (Phi) is 3.20. The Hall–Kier alpha value is -1.71. The van der Waals surface area contributed by atoms with Gasteiger partial charge in [-0.2, -0.15) is 0 Å². The number of carboxylic acid groups (broad SMARTS) is 1. The Bertz CT molecular complexity index is 475. The van der Waals surface area contributed by atoms with E-state index in [9.17, 15) is 9.90 Å². The number of methoxy groups -OCH3 is 2. The van der Waals surface area contributed by atoms with Crippen LogP contribution in [0.3, 0.4) is 0 Å². The number of hydrogen-bond acceptors (Lipinski definition) is 3. The van der Waals surface area contributed by atoms with E-state index < -0.39 is 11.4 Å². The number of benzene rings is 1. The summed E-state index contributed by atoms with van der Waals surface area (Å²) in [5.41, 5.74) is 0.922. The summed E-state index contributed by atoms with van der Waals surface area (Å²) >= 11 is 0. The van der Waals surface area contributed by atoms with Crippen molar-refractivity contribution in [1.82, 2.24) is 0 Å². The van der Waals surface area contributed by atoms with Gasteiger partial charge in [-0.05, 0) is 31.4 Å². The van der Waals surface area contributed by atoms with Crippen LogP contribution in [0.4, 0.5) is 0 Å². The summed E-state index contributed by atoms with van der Waals surface area (Å²) in [5, 5.41) is 9.49. The Balaban J connectivity index is 2.56. The molecule has 0 bridgehead atoms. The van der Waals surface area contributed by atoms with Gasteiger partial charge in [0.1, 0.15) is 11.5 Å². The van der Waals surface area contributed by atoms with Crippen molar-refractivity contribution < 1.29 is 19.4 Å². The van der Waals surface area contributed by atoms with Crippen LogP contribution in [0, 0.1) is 6.92 Å². The summed E-state index contributed by atoms with van der Waals surface area (Å²) in [6.07, 6.45) is 2.29. The van der Waals surface area contributed by atoms with Crippen molar-refractivity contribution >= 4 is 5.97 Å². The highest BCUT2D eigenvalue weighted by atomic mass is 16.5. The molecule has 0 unspecified atom stereocenters. The highest BCUT2D eigenvalue weighted by molar-refractivity contribution is 5.84. The number of carbonyl (C=O) groups is 1. The number of carboxylic acids is 1. The molecule has 1 aliphatic carbocycles. The van der Waals surface area contributed by atoms with Gasteiger partial charge in [-0.15, -0.1) is 0 Å². The minimum Gasteiger partial charge on any atom is -0.496 e. The monoisotopic (exact) mass is 250 g/mol. The first kappa shape index (κ1) is 12.7. The van der Waals surface area contributed by atoms with Crippen LogP contribution >= 0.6 is 0 Å². The van der Waals surface area contributed by atoms with Gasteiger partial charge in [0, 0.05) is 11.6 Å². The van der Waals surface area contributed by atoms with E-state index in [-0.39, 0.29) is 0 Å². The van der Waals surface area contributed by atoms with Gasteiger partial charge in [0.05, 0.1) is 19.6 Å². The molecule has 4 heteroatoms. The molecule has 1 aromatic rings. The molecule has 0 amide bonds. The van der Waals surface area contributed by atoms with Crippen LogP contribution in [0.2, 0.25) is 0 Å². The van der Waals surface area contributed by atoms with Crippen molar-refractivity contribution in [3.05, 3.63) is 23.3 Å². The summed E-state index contributed by atoms with van der Waals surface area (Å²) in [6, 6.07) is 3.65. The first-order valence-corrected chi connectivity index (χ1v) is 6.01. The molecule has 2 rings (SSSR count). The molecule has 1 N–H and O–H groups in total. The fourth-order valence-corrected chi connectivity index (χ4v) is 2.56. The molecule has 0 atom stereocenters. The zero-order valence-electron chi connectivity index (χ0n) is 10.9. The smallest absolute Gasteiger partial charge is 0.314 e. The van der Waals surface area contributed by atoms with Crippen molar-refractivity contribution in [2.45, 2.75) is 31.6 Å². The average Bonchev–Trinajstić information content (AvgIpc) is 2.27. The highest BCUT2D eigenvalue weighted by Crippen LogP contribution is 2.48. The molecule has 0 heterocycles. The Morgan fingerprint density at radius 3 is 2.22 bits per heavy atom. The van der Waals surface area contributed by atoms with E-state index in [1.165, 1.54) is 0 Å². The summed E-state index contributed by atoms with van der Waals surface area (Å²) in [7, 11) is 3.15. The maximum absolute atomic E-state index is 11.6. The summed E-state index contributed by atoms with van der Waals surface area (Å²) < 4.78 is 10.6. The second-order valence-corrected chi connectivity index (χ2v) is 4.76. The molecular weight excluding hydrogens is 232 g/mol.